The Hall–Kier alpha value is -0.850. The van der Waals surface area contributed by atoms with Gasteiger partial charge in [0.25, 0.3) is 0 Å². The van der Waals surface area contributed by atoms with E-state index in [1.165, 1.54) is 0 Å². The zero-order valence-electron chi connectivity index (χ0n) is 9.78. The summed E-state index contributed by atoms with van der Waals surface area (Å²) in [5.74, 6) is 0. The van der Waals surface area contributed by atoms with Crippen LogP contribution in [0.3, 0.4) is 0 Å². The van der Waals surface area contributed by atoms with Crippen LogP contribution in [0, 0.1) is 0 Å². The standard InChI is InChI=1S/C10H22N2O4/c1-2-3-5-15-8-9(13)7-12-4-6-16-10(11)14/h9,12-13H,2-8H2,1H3,(H2,11,14). The Morgan fingerprint density at radius 2 is 2.25 bits per heavy atom. The van der Waals surface area contributed by atoms with E-state index in [0.29, 0.717) is 26.3 Å². The van der Waals surface area contributed by atoms with E-state index >= 15 is 0 Å². The largest absolute Gasteiger partial charge is 0.448 e. The molecule has 0 saturated carbocycles. The average Bonchev–Trinajstić information content (AvgIpc) is 2.23. The molecule has 6 heteroatoms. The normalized spacial score (nSPS) is 12.4. The summed E-state index contributed by atoms with van der Waals surface area (Å²) in [4.78, 5) is 10.2. The first kappa shape index (κ1) is 15.2. The summed E-state index contributed by atoms with van der Waals surface area (Å²) in [6.07, 6.45) is 0.765. The van der Waals surface area contributed by atoms with Gasteiger partial charge in [-0.1, -0.05) is 13.3 Å². The molecule has 0 aromatic rings. The van der Waals surface area contributed by atoms with E-state index < -0.39 is 12.2 Å². The summed E-state index contributed by atoms with van der Waals surface area (Å²) in [7, 11) is 0. The second-order valence-corrected chi connectivity index (χ2v) is 3.45. The van der Waals surface area contributed by atoms with Gasteiger partial charge in [0.2, 0.25) is 0 Å². The molecule has 0 aliphatic carbocycles. The number of nitrogens with one attached hydrogen (secondary N) is 1. The molecule has 0 spiro atoms. The molecule has 96 valence electrons. The minimum atomic E-state index is -0.787. The van der Waals surface area contributed by atoms with E-state index in [0.717, 1.165) is 12.8 Å². The summed E-state index contributed by atoms with van der Waals surface area (Å²) < 4.78 is 9.74. The third-order valence-electron chi connectivity index (χ3n) is 1.86. The van der Waals surface area contributed by atoms with Crippen molar-refractivity contribution in [3.8, 4) is 0 Å². The zero-order chi connectivity index (χ0) is 12.2. The first-order valence-electron chi connectivity index (χ1n) is 5.55. The first-order chi connectivity index (χ1) is 7.66. The van der Waals surface area contributed by atoms with Crippen LogP contribution in [-0.2, 0) is 9.47 Å². The molecule has 0 aromatic heterocycles. The van der Waals surface area contributed by atoms with Crippen LogP contribution in [0.25, 0.3) is 0 Å². The summed E-state index contributed by atoms with van der Waals surface area (Å²) >= 11 is 0. The fraction of sp³-hybridized carbons (Fsp3) is 0.900. The fourth-order valence-corrected chi connectivity index (χ4v) is 1.02. The van der Waals surface area contributed by atoms with Crippen molar-refractivity contribution in [1.29, 1.82) is 0 Å². The number of unbranched alkanes of at least 4 members (excludes halogenated alkanes) is 1. The minimum absolute atomic E-state index is 0.207. The highest BCUT2D eigenvalue weighted by molar-refractivity contribution is 5.64. The van der Waals surface area contributed by atoms with Crippen LogP contribution in [0.4, 0.5) is 4.79 Å². The second-order valence-electron chi connectivity index (χ2n) is 3.45. The molecule has 0 fully saturated rings. The highest BCUT2D eigenvalue weighted by atomic mass is 16.5. The van der Waals surface area contributed by atoms with E-state index in [-0.39, 0.29) is 6.61 Å². The number of aliphatic hydroxyl groups is 1. The van der Waals surface area contributed by atoms with Gasteiger partial charge >= 0.3 is 6.09 Å². The molecule has 0 aromatic carbocycles. The maximum atomic E-state index is 10.2. The van der Waals surface area contributed by atoms with Crippen molar-refractivity contribution in [2.45, 2.75) is 25.9 Å². The van der Waals surface area contributed by atoms with E-state index in [1.54, 1.807) is 0 Å². The Morgan fingerprint density at radius 3 is 2.88 bits per heavy atom. The minimum Gasteiger partial charge on any atom is -0.448 e. The Labute approximate surface area is 96.1 Å². The number of hydrogen-bond acceptors (Lipinski definition) is 5. The summed E-state index contributed by atoms with van der Waals surface area (Å²) in [5.41, 5.74) is 4.77. The molecule has 1 unspecified atom stereocenters. The van der Waals surface area contributed by atoms with Gasteiger partial charge in [-0.15, -0.1) is 0 Å². The predicted octanol–water partition coefficient (Wildman–Crippen LogP) is -0.151. The molecule has 0 rings (SSSR count). The topological polar surface area (TPSA) is 93.8 Å². The number of primary amides is 1. The van der Waals surface area contributed by atoms with Crippen molar-refractivity contribution in [2.24, 2.45) is 5.73 Å². The van der Waals surface area contributed by atoms with Gasteiger partial charge in [0.1, 0.15) is 6.61 Å². The summed E-state index contributed by atoms with van der Waals surface area (Å²) in [6, 6.07) is 0. The van der Waals surface area contributed by atoms with Crippen LogP contribution in [-0.4, -0.2) is 50.2 Å². The van der Waals surface area contributed by atoms with E-state index in [9.17, 15) is 9.90 Å². The van der Waals surface area contributed by atoms with Gasteiger partial charge in [0.15, 0.2) is 0 Å². The van der Waals surface area contributed by atoms with Crippen molar-refractivity contribution in [3.63, 3.8) is 0 Å². The summed E-state index contributed by atoms with van der Waals surface area (Å²) in [5, 5.41) is 12.4. The fourth-order valence-electron chi connectivity index (χ4n) is 1.02. The number of ether oxygens (including phenoxy) is 2. The third kappa shape index (κ3) is 11.2. The number of carbonyl (C=O) groups is 1. The smallest absolute Gasteiger partial charge is 0.404 e. The SMILES string of the molecule is CCCCOCC(O)CNCCOC(N)=O. The van der Waals surface area contributed by atoms with Crippen molar-refractivity contribution in [3.05, 3.63) is 0 Å². The molecular formula is C10H22N2O4. The molecule has 1 atom stereocenters. The van der Waals surface area contributed by atoms with Gasteiger partial charge in [-0.25, -0.2) is 4.79 Å². The molecule has 6 nitrogen and oxygen atoms in total. The Morgan fingerprint density at radius 1 is 1.50 bits per heavy atom. The Balaban J connectivity index is 3.17. The van der Waals surface area contributed by atoms with Crippen LogP contribution in [0.15, 0.2) is 0 Å². The predicted molar refractivity (Wildman–Crippen MR) is 60.1 cm³/mol. The van der Waals surface area contributed by atoms with Crippen LogP contribution < -0.4 is 11.1 Å². The lowest BCUT2D eigenvalue weighted by molar-refractivity contribution is 0.0354. The van der Waals surface area contributed by atoms with Crippen molar-refractivity contribution in [1.82, 2.24) is 5.32 Å². The number of aliphatic hydroxyl groups excluding tert-OH is 1. The van der Waals surface area contributed by atoms with Gasteiger partial charge in [0.05, 0.1) is 12.7 Å². The molecule has 16 heavy (non-hydrogen) atoms. The molecule has 4 N–H and O–H groups in total. The molecule has 0 saturated heterocycles. The van der Waals surface area contributed by atoms with Gasteiger partial charge in [-0.05, 0) is 6.42 Å². The van der Waals surface area contributed by atoms with E-state index in [4.69, 9.17) is 10.5 Å². The van der Waals surface area contributed by atoms with Gasteiger partial charge < -0.3 is 25.6 Å². The maximum Gasteiger partial charge on any atom is 0.404 e. The average molecular weight is 234 g/mol. The van der Waals surface area contributed by atoms with Gasteiger partial charge in [-0.2, -0.15) is 0 Å². The monoisotopic (exact) mass is 234 g/mol. The Kier molecular flexibility index (Phi) is 10.1. The molecule has 1 amide bonds. The Bertz CT molecular complexity index is 178. The molecule has 0 radical (unpaired) electrons. The van der Waals surface area contributed by atoms with Crippen LogP contribution in [0.1, 0.15) is 19.8 Å². The van der Waals surface area contributed by atoms with Crippen molar-refractivity contribution in [2.75, 3.05) is 32.9 Å². The van der Waals surface area contributed by atoms with E-state index in [1.807, 2.05) is 0 Å². The number of nitrogens with two attached hydrogens (primary N) is 1. The van der Waals surface area contributed by atoms with E-state index in [2.05, 4.69) is 17.0 Å². The number of carbonyl (C=O) groups excluding carboxylic acids is 1. The lowest BCUT2D eigenvalue weighted by atomic mass is 10.3. The zero-order valence-corrected chi connectivity index (χ0v) is 9.78. The lowest BCUT2D eigenvalue weighted by Gasteiger charge is -2.12. The molecule has 0 aliphatic heterocycles. The lowest BCUT2D eigenvalue weighted by Crippen LogP contribution is -2.33. The van der Waals surface area contributed by atoms with Gasteiger partial charge in [0, 0.05) is 19.7 Å². The van der Waals surface area contributed by atoms with Crippen LogP contribution in [0.2, 0.25) is 0 Å². The summed E-state index contributed by atoms with van der Waals surface area (Å²) in [6.45, 7) is 4.17. The third-order valence-corrected chi connectivity index (χ3v) is 1.86. The highest BCUT2D eigenvalue weighted by Gasteiger charge is 2.03. The number of hydrogen-bond donors (Lipinski definition) is 3. The first-order valence-corrected chi connectivity index (χ1v) is 5.55. The number of rotatable bonds is 10. The second kappa shape index (κ2) is 10.7. The van der Waals surface area contributed by atoms with Crippen LogP contribution in [0.5, 0.6) is 0 Å². The molecule has 0 aliphatic rings. The van der Waals surface area contributed by atoms with Gasteiger partial charge in [-0.3, -0.25) is 0 Å². The molecule has 0 bridgehead atoms. The van der Waals surface area contributed by atoms with Crippen LogP contribution >= 0.6 is 0 Å². The highest BCUT2D eigenvalue weighted by Crippen LogP contribution is 1.90. The quantitative estimate of drug-likeness (QED) is 0.457. The number of amides is 1. The molecule has 0 heterocycles. The van der Waals surface area contributed by atoms with Crippen molar-refractivity contribution >= 4 is 6.09 Å². The molecular weight excluding hydrogens is 212 g/mol. The maximum absolute atomic E-state index is 10.2. The van der Waals surface area contributed by atoms with Crippen molar-refractivity contribution < 1.29 is 19.4 Å².